The van der Waals surface area contributed by atoms with E-state index in [9.17, 15) is 4.79 Å². The number of hydrogen-bond acceptors (Lipinski definition) is 3. The fourth-order valence-corrected chi connectivity index (χ4v) is 1.58. The number of rotatable bonds is 3. The fourth-order valence-electron chi connectivity index (χ4n) is 1.58. The van der Waals surface area contributed by atoms with Crippen LogP contribution in [0.3, 0.4) is 0 Å². The molecule has 3 N–H and O–H groups in total. The molecule has 1 heterocycles. The molecule has 0 fully saturated rings. The van der Waals surface area contributed by atoms with E-state index in [2.05, 4.69) is 31.1 Å². The van der Waals surface area contributed by atoms with Crippen molar-refractivity contribution in [1.82, 2.24) is 10.3 Å². The summed E-state index contributed by atoms with van der Waals surface area (Å²) < 4.78 is 0. The largest absolute Gasteiger partial charge is 0.346 e. The van der Waals surface area contributed by atoms with Crippen molar-refractivity contribution in [3.63, 3.8) is 0 Å². The number of nitrogens with two attached hydrogens (primary N) is 1. The van der Waals surface area contributed by atoms with E-state index in [0.717, 1.165) is 5.56 Å². The van der Waals surface area contributed by atoms with Gasteiger partial charge in [-0.25, -0.2) is 0 Å². The maximum atomic E-state index is 12.1. The number of halogens is 1. The molecule has 5 heteroatoms. The fraction of sp³-hybridized carbons (Fsp3) is 0.538. The average Bonchev–Trinajstić information content (AvgIpc) is 2.24. The maximum absolute atomic E-state index is 12.1. The van der Waals surface area contributed by atoms with E-state index in [0.29, 0.717) is 12.2 Å². The van der Waals surface area contributed by atoms with E-state index >= 15 is 0 Å². The lowest BCUT2D eigenvalue weighted by Crippen LogP contribution is -2.48. The van der Waals surface area contributed by atoms with Crippen molar-refractivity contribution >= 4 is 18.3 Å². The number of carbonyl (C=O) groups is 1. The van der Waals surface area contributed by atoms with Crippen LogP contribution in [0.2, 0.25) is 0 Å². The monoisotopic (exact) mass is 271 g/mol. The highest BCUT2D eigenvalue weighted by molar-refractivity contribution is 5.93. The SMILES string of the molecule is Cc1cccnc1C(=O)NC(CN)C(C)(C)C.Cl. The molecule has 0 aliphatic heterocycles. The zero-order valence-corrected chi connectivity index (χ0v) is 12.2. The number of aromatic nitrogens is 1. The van der Waals surface area contributed by atoms with E-state index in [1.807, 2.05) is 19.1 Å². The van der Waals surface area contributed by atoms with Crippen LogP contribution in [0.25, 0.3) is 0 Å². The van der Waals surface area contributed by atoms with E-state index < -0.39 is 0 Å². The quantitative estimate of drug-likeness (QED) is 0.883. The molecular weight excluding hydrogens is 250 g/mol. The van der Waals surface area contributed by atoms with E-state index in [-0.39, 0.29) is 29.8 Å². The Bertz CT molecular complexity index is 401. The van der Waals surface area contributed by atoms with Crippen LogP contribution < -0.4 is 11.1 Å². The third kappa shape index (κ3) is 4.27. The normalized spacial score (nSPS) is 12.5. The Morgan fingerprint density at radius 3 is 2.56 bits per heavy atom. The molecule has 0 aromatic carbocycles. The van der Waals surface area contributed by atoms with Crippen molar-refractivity contribution in [3.05, 3.63) is 29.6 Å². The van der Waals surface area contributed by atoms with Crippen molar-refractivity contribution < 1.29 is 4.79 Å². The molecule has 0 saturated carbocycles. The number of amides is 1. The summed E-state index contributed by atoms with van der Waals surface area (Å²) in [5, 5.41) is 2.94. The van der Waals surface area contributed by atoms with E-state index in [1.165, 1.54) is 0 Å². The van der Waals surface area contributed by atoms with Gasteiger partial charge in [-0.2, -0.15) is 0 Å². The second-order valence-corrected chi connectivity index (χ2v) is 5.30. The molecule has 0 spiro atoms. The first-order valence-corrected chi connectivity index (χ1v) is 5.79. The van der Waals surface area contributed by atoms with Gasteiger partial charge in [0.15, 0.2) is 0 Å². The molecule has 18 heavy (non-hydrogen) atoms. The molecule has 0 bridgehead atoms. The van der Waals surface area contributed by atoms with Crippen LogP contribution in [0.15, 0.2) is 18.3 Å². The Morgan fingerprint density at radius 2 is 2.11 bits per heavy atom. The van der Waals surface area contributed by atoms with Crippen LogP contribution >= 0.6 is 12.4 Å². The maximum Gasteiger partial charge on any atom is 0.270 e. The number of nitrogens with zero attached hydrogens (tertiary/aromatic N) is 1. The van der Waals surface area contributed by atoms with Crippen LogP contribution in [0.5, 0.6) is 0 Å². The smallest absolute Gasteiger partial charge is 0.270 e. The molecule has 0 radical (unpaired) electrons. The molecule has 4 nitrogen and oxygen atoms in total. The van der Waals surface area contributed by atoms with E-state index in [1.54, 1.807) is 6.20 Å². The first kappa shape index (κ1) is 16.9. The number of aryl methyl sites for hydroxylation is 1. The third-order valence-corrected chi connectivity index (χ3v) is 2.81. The summed E-state index contributed by atoms with van der Waals surface area (Å²) in [5.74, 6) is -0.159. The van der Waals surface area contributed by atoms with Gasteiger partial charge in [-0.05, 0) is 24.0 Å². The summed E-state index contributed by atoms with van der Waals surface area (Å²) in [6.07, 6.45) is 1.62. The minimum absolute atomic E-state index is 0. The first-order chi connectivity index (χ1) is 7.86. The number of pyridine rings is 1. The highest BCUT2D eigenvalue weighted by Crippen LogP contribution is 2.18. The van der Waals surface area contributed by atoms with Gasteiger partial charge in [0.2, 0.25) is 0 Å². The van der Waals surface area contributed by atoms with E-state index in [4.69, 9.17) is 5.73 Å². The topological polar surface area (TPSA) is 68.0 Å². The van der Waals surface area contributed by atoms with Crippen LogP contribution in [0, 0.1) is 12.3 Å². The summed E-state index contributed by atoms with van der Waals surface area (Å²) in [6.45, 7) is 8.44. The molecule has 1 atom stereocenters. The predicted molar refractivity (Wildman–Crippen MR) is 76.0 cm³/mol. The van der Waals surface area contributed by atoms with Crippen LogP contribution in [-0.2, 0) is 0 Å². The molecule has 1 aromatic heterocycles. The molecule has 0 saturated heterocycles. The van der Waals surface area contributed by atoms with Gasteiger partial charge in [-0.3, -0.25) is 9.78 Å². The van der Waals surface area contributed by atoms with Crippen molar-refractivity contribution in [3.8, 4) is 0 Å². The standard InChI is InChI=1S/C13H21N3O.ClH/c1-9-6-5-7-15-11(9)12(17)16-10(8-14)13(2,3)4;/h5-7,10H,8,14H2,1-4H3,(H,16,17);1H. The highest BCUT2D eigenvalue weighted by atomic mass is 35.5. The van der Waals surface area contributed by atoms with Crippen molar-refractivity contribution in [2.45, 2.75) is 33.7 Å². The summed E-state index contributed by atoms with van der Waals surface area (Å²) in [4.78, 5) is 16.1. The summed E-state index contributed by atoms with van der Waals surface area (Å²) in [5.41, 5.74) is 6.96. The van der Waals surface area contributed by atoms with Crippen molar-refractivity contribution in [2.24, 2.45) is 11.1 Å². The summed E-state index contributed by atoms with van der Waals surface area (Å²) >= 11 is 0. The Balaban J connectivity index is 0.00000289. The Labute approximate surface area is 115 Å². The zero-order chi connectivity index (χ0) is 13.1. The van der Waals surface area contributed by atoms with Crippen molar-refractivity contribution in [1.29, 1.82) is 0 Å². The van der Waals surface area contributed by atoms with Gasteiger partial charge in [-0.15, -0.1) is 12.4 Å². The Hall–Kier alpha value is -1.13. The third-order valence-electron chi connectivity index (χ3n) is 2.81. The number of carbonyl (C=O) groups excluding carboxylic acids is 1. The first-order valence-electron chi connectivity index (χ1n) is 5.79. The number of nitrogens with one attached hydrogen (secondary N) is 1. The second kappa shape index (κ2) is 6.71. The molecule has 0 aliphatic carbocycles. The Kier molecular flexibility index (Phi) is 6.29. The van der Waals surface area contributed by atoms with Crippen LogP contribution in [0.1, 0.15) is 36.8 Å². The van der Waals surface area contributed by atoms with Gasteiger partial charge >= 0.3 is 0 Å². The predicted octanol–water partition coefficient (Wildman–Crippen LogP) is 1.92. The molecule has 1 unspecified atom stereocenters. The van der Waals surface area contributed by atoms with Gasteiger partial charge in [0.05, 0.1) is 0 Å². The average molecular weight is 272 g/mol. The van der Waals surface area contributed by atoms with Gasteiger partial charge in [0.25, 0.3) is 5.91 Å². The Morgan fingerprint density at radius 1 is 1.50 bits per heavy atom. The number of hydrogen-bond donors (Lipinski definition) is 2. The van der Waals surface area contributed by atoms with Crippen LogP contribution in [-0.4, -0.2) is 23.5 Å². The highest BCUT2D eigenvalue weighted by Gasteiger charge is 2.25. The minimum atomic E-state index is -0.159. The zero-order valence-electron chi connectivity index (χ0n) is 11.4. The van der Waals surface area contributed by atoms with Gasteiger partial charge in [0, 0.05) is 18.8 Å². The molecule has 0 aliphatic rings. The van der Waals surface area contributed by atoms with Crippen molar-refractivity contribution in [2.75, 3.05) is 6.54 Å². The molecule has 1 aromatic rings. The summed E-state index contributed by atoms with van der Waals surface area (Å²) in [7, 11) is 0. The van der Waals surface area contributed by atoms with Crippen LogP contribution in [0.4, 0.5) is 0 Å². The van der Waals surface area contributed by atoms with Gasteiger partial charge in [-0.1, -0.05) is 26.8 Å². The lowest BCUT2D eigenvalue weighted by atomic mass is 9.86. The molecule has 1 rings (SSSR count). The lowest BCUT2D eigenvalue weighted by molar-refractivity contribution is 0.0899. The summed E-state index contributed by atoms with van der Waals surface area (Å²) in [6, 6.07) is 3.63. The minimum Gasteiger partial charge on any atom is -0.346 e. The van der Waals surface area contributed by atoms with Gasteiger partial charge in [0.1, 0.15) is 5.69 Å². The molecule has 102 valence electrons. The lowest BCUT2D eigenvalue weighted by Gasteiger charge is -2.30. The van der Waals surface area contributed by atoms with Gasteiger partial charge < -0.3 is 11.1 Å². The molecular formula is C13H22ClN3O. The second-order valence-electron chi connectivity index (χ2n) is 5.30. The molecule has 1 amide bonds.